The molecule has 0 aliphatic carbocycles. The molecular formula is C45H52IrNO4-. The second kappa shape index (κ2) is 15.7. The number of hydrogen-bond acceptors (Lipinski definition) is 5. The summed E-state index contributed by atoms with van der Waals surface area (Å²) in [7, 11) is 0. The number of carbonyl (C=O) groups is 1. The van der Waals surface area contributed by atoms with Crippen molar-refractivity contribution in [2.75, 3.05) is 0 Å². The van der Waals surface area contributed by atoms with Crippen LogP contribution in [0.25, 0.3) is 55.3 Å². The third-order valence-electron chi connectivity index (χ3n) is 10.8. The molecule has 5 nitrogen and oxygen atoms in total. The number of benzene rings is 3. The van der Waals surface area contributed by atoms with Crippen molar-refractivity contribution in [3.05, 3.63) is 102 Å². The van der Waals surface area contributed by atoms with E-state index in [0.29, 0.717) is 0 Å². The Morgan fingerprint density at radius 1 is 0.804 bits per heavy atom. The molecule has 6 aromatic rings. The number of ketones is 1. The van der Waals surface area contributed by atoms with Gasteiger partial charge in [-0.1, -0.05) is 91.5 Å². The van der Waals surface area contributed by atoms with Crippen molar-refractivity contribution in [3.8, 4) is 22.6 Å². The molecule has 0 amide bonds. The fourth-order valence-corrected chi connectivity index (χ4v) is 6.31. The number of aliphatic hydroxyl groups excluding tert-OH is 1. The predicted octanol–water partition coefficient (Wildman–Crippen LogP) is 13.1. The zero-order valence-corrected chi connectivity index (χ0v) is 34.2. The minimum atomic E-state index is -0.337. The average molecular weight is 863 g/mol. The number of furan rings is 2. The van der Waals surface area contributed by atoms with Gasteiger partial charge in [0.15, 0.2) is 5.78 Å². The van der Waals surface area contributed by atoms with Crippen molar-refractivity contribution < 1.29 is 38.8 Å². The third-order valence-corrected chi connectivity index (χ3v) is 10.8. The summed E-state index contributed by atoms with van der Waals surface area (Å²) in [4.78, 5) is 16.9. The number of rotatable bonds is 9. The summed E-state index contributed by atoms with van der Waals surface area (Å²) in [6, 6.07) is 26.5. The van der Waals surface area contributed by atoms with Crippen molar-refractivity contribution >= 4 is 38.5 Å². The zero-order valence-electron chi connectivity index (χ0n) is 31.8. The van der Waals surface area contributed by atoms with Gasteiger partial charge in [-0.05, 0) is 74.4 Å². The molecule has 1 N–H and O–H groups in total. The summed E-state index contributed by atoms with van der Waals surface area (Å²) in [5.74, 6) is 2.00. The fourth-order valence-electron chi connectivity index (χ4n) is 6.31. The van der Waals surface area contributed by atoms with Crippen LogP contribution in [0.3, 0.4) is 0 Å². The van der Waals surface area contributed by atoms with Crippen molar-refractivity contribution in [2.24, 2.45) is 10.8 Å². The molecule has 3 aromatic carbocycles. The second-order valence-electron chi connectivity index (χ2n) is 15.1. The van der Waals surface area contributed by atoms with E-state index in [9.17, 15) is 9.90 Å². The Kier molecular flexibility index (Phi) is 12.3. The maximum absolute atomic E-state index is 12.2. The van der Waals surface area contributed by atoms with Crippen LogP contribution in [0.4, 0.5) is 0 Å². The Labute approximate surface area is 316 Å². The molecule has 0 bridgehead atoms. The van der Waals surface area contributed by atoms with Crippen LogP contribution >= 0.6 is 0 Å². The normalized spacial score (nSPS) is 12.5. The summed E-state index contributed by atoms with van der Waals surface area (Å²) < 4.78 is 12.0. The van der Waals surface area contributed by atoms with Gasteiger partial charge < -0.3 is 13.9 Å². The monoisotopic (exact) mass is 863 g/mol. The van der Waals surface area contributed by atoms with Gasteiger partial charge in [-0.3, -0.25) is 9.78 Å². The minimum Gasteiger partial charge on any atom is -0.512 e. The van der Waals surface area contributed by atoms with Gasteiger partial charge in [0.05, 0.1) is 0 Å². The molecule has 0 aliphatic rings. The first-order valence-corrected chi connectivity index (χ1v) is 18.0. The number of nitrogens with zero attached hydrogens (tertiary/aromatic N) is 1. The first-order valence-electron chi connectivity index (χ1n) is 18.0. The van der Waals surface area contributed by atoms with E-state index >= 15 is 0 Å². The number of fused-ring (bicyclic) bond motifs is 3. The number of hydrogen-bond donors (Lipinski definition) is 1. The Bertz CT molecular complexity index is 2170. The van der Waals surface area contributed by atoms with Gasteiger partial charge in [0, 0.05) is 65.2 Å². The molecule has 0 saturated carbocycles. The molecule has 0 atom stereocenters. The zero-order chi connectivity index (χ0) is 36.4. The number of allylic oxidation sites excluding steroid dienone is 2. The quantitative estimate of drug-likeness (QED) is 0.0890. The Balaban J connectivity index is 0.000000279. The fraction of sp³-hybridized carbons (Fsp3) is 0.378. The van der Waals surface area contributed by atoms with E-state index in [2.05, 4.69) is 69.3 Å². The van der Waals surface area contributed by atoms with E-state index in [4.69, 9.17) is 13.8 Å². The second-order valence-corrected chi connectivity index (χ2v) is 15.1. The van der Waals surface area contributed by atoms with Crippen LogP contribution in [-0.2, 0) is 30.3 Å². The summed E-state index contributed by atoms with van der Waals surface area (Å²) in [5, 5.41) is 14.5. The van der Waals surface area contributed by atoms with E-state index in [0.717, 1.165) is 81.3 Å². The maximum Gasteiger partial charge on any atom is 0.164 e. The molecule has 0 spiro atoms. The van der Waals surface area contributed by atoms with Gasteiger partial charge in [0.25, 0.3) is 0 Å². The van der Waals surface area contributed by atoms with Crippen molar-refractivity contribution in [3.63, 3.8) is 0 Å². The number of carbonyl (C=O) groups excluding carboxylic acids is 1. The van der Waals surface area contributed by atoms with Gasteiger partial charge >= 0.3 is 0 Å². The SMILES string of the molecule is CCC(C)(CC)C(=O)/C=C(\O)C(C)(CC)CC.Cc1cc2cc(-c3cc4c(-c5[c-]c6ccccc6c(C(C)(C)C)c5)nccc4o3)ccc2o1.[Ir]. The summed E-state index contributed by atoms with van der Waals surface area (Å²) in [6.45, 7) is 20.8. The average Bonchev–Trinajstić information content (AvgIpc) is 3.72. The summed E-state index contributed by atoms with van der Waals surface area (Å²) >= 11 is 0. The van der Waals surface area contributed by atoms with Crippen LogP contribution in [0, 0.1) is 23.8 Å². The minimum absolute atomic E-state index is 0. The summed E-state index contributed by atoms with van der Waals surface area (Å²) in [5.41, 5.74) is 5.27. The number of pyridine rings is 1. The first kappa shape index (κ1) is 39.8. The Hall–Kier alpha value is -3.99. The number of aryl methyl sites for hydroxylation is 1. The predicted molar refractivity (Wildman–Crippen MR) is 208 cm³/mol. The molecule has 6 rings (SSSR count). The van der Waals surface area contributed by atoms with E-state index < -0.39 is 0 Å². The van der Waals surface area contributed by atoms with Crippen molar-refractivity contribution in [1.29, 1.82) is 0 Å². The van der Waals surface area contributed by atoms with Crippen LogP contribution in [0.15, 0.2) is 93.6 Å². The topological polar surface area (TPSA) is 76.5 Å². The molecular weight excluding hydrogens is 811 g/mol. The molecule has 0 saturated heterocycles. The molecule has 0 unspecified atom stereocenters. The molecule has 0 fully saturated rings. The van der Waals surface area contributed by atoms with Gasteiger partial charge in [0.1, 0.15) is 28.4 Å². The Morgan fingerprint density at radius 2 is 1.47 bits per heavy atom. The molecule has 271 valence electrons. The van der Waals surface area contributed by atoms with Crippen LogP contribution in [-0.4, -0.2) is 15.9 Å². The number of aliphatic hydroxyl groups is 1. The van der Waals surface area contributed by atoms with Gasteiger partial charge in [-0.25, -0.2) is 0 Å². The van der Waals surface area contributed by atoms with Crippen LogP contribution < -0.4 is 0 Å². The van der Waals surface area contributed by atoms with Gasteiger partial charge in [-0.15, -0.1) is 29.1 Å². The van der Waals surface area contributed by atoms with E-state index in [-0.39, 0.29) is 47.9 Å². The smallest absolute Gasteiger partial charge is 0.164 e. The van der Waals surface area contributed by atoms with E-state index in [1.807, 2.05) is 78.9 Å². The maximum atomic E-state index is 12.2. The van der Waals surface area contributed by atoms with Crippen LogP contribution in [0.2, 0.25) is 0 Å². The molecule has 0 aliphatic heterocycles. The molecule has 3 aromatic heterocycles. The molecule has 1 radical (unpaired) electrons. The van der Waals surface area contributed by atoms with Crippen molar-refractivity contribution in [1.82, 2.24) is 4.98 Å². The summed E-state index contributed by atoms with van der Waals surface area (Å²) in [6.07, 6.45) is 6.57. The van der Waals surface area contributed by atoms with E-state index in [1.165, 1.54) is 17.0 Å². The first-order chi connectivity index (χ1) is 23.7. The third kappa shape index (κ3) is 8.24. The molecule has 6 heteroatoms. The van der Waals surface area contributed by atoms with Crippen LogP contribution in [0.5, 0.6) is 0 Å². The molecule has 51 heavy (non-hydrogen) atoms. The van der Waals surface area contributed by atoms with Gasteiger partial charge in [-0.2, -0.15) is 0 Å². The van der Waals surface area contributed by atoms with Gasteiger partial charge in [0.2, 0.25) is 0 Å². The standard InChI is InChI=1S/C30H24NO2.C15H28O2.Ir/c1-18-13-21-15-20(9-10-26(21)32-18)28-17-24-27(33-28)11-12-31-29(24)22-14-19-7-5-6-8-23(19)25(16-22)30(2,3)4;1-7-14(5,8-2)12(16)11-13(17)15(6,9-3)10-4;/h5-13,15-17H,1-4H3;11,16H,7-10H2,1-6H3;/q-1;;/b;12-11-;. The number of aromatic nitrogens is 1. The van der Waals surface area contributed by atoms with E-state index in [1.54, 1.807) is 0 Å². The molecule has 3 heterocycles. The van der Waals surface area contributed by atoms with Crippen molar-refractivity contribution in [2.45, 2.75) is 100 Å². The largest absolute Gasteiger partial charge is 0.512 e. The van der Waals surface area contributed by atoms with Crippen LogP contribution in [0.1, 0.15) is 99.3 Å². The Morgan fingerprint density at radius 3 is 2.12 bits per heavy atom.